The quantitative estimate of drug-likeness (QED) is 0.779. The molecule has 2 rings (SSSR count). The van der Waals surface area contributed by atoms with Crippen molar-refractivity contribution in [1.29, 1.82) is 0 Å². The summed E-state index contributed by atoms with van der Waals surface area (Å²) in [5.41, 5.74) is 2.85. The highest BCUT2D eigenvalue weighted by molar-refractivity contribution is 5.23. The molecular formula is C18H31N3. The van der Waals surface area contributed by atoms with Crippen molar-refractivity contribution in [3.63, 3.8) is 0 Å². The minimum atomic E-state index is 0.681. The Hall–Kier alpha value is -0.900. The van der Waals surface area contributed by atoms with Gasteiger partial charge < -0.3 is 5.32 Å². The lowest BCUT2D eigenvalue weighted by Crippen LogP contribution is -2.48. The Morgan fingerprint density at radius 2 is 1.81 bits per heavy atom. The average Bonchev–Trinajstić information content (AvgIpc) is 2.48. The first kappa shape index (κ1) is 16.5. The minimum absolute atomic E-state index is 0.681. The molecule has 1 fully saturated rings. The molecule has 0 amide bonds. The summed E-state index contributed by atoms with van der Waals surface area (Å²) < 4.78 is 0. The highest BCUT2D eigenvalue weighted by Gasteiger charge is 2.18. The van der Waals surface area contributed by atoms with E-state index in [4.69, 9.17) is 0 Å². The van der Waals surface area contributed by atoms with Gasteiger partial charge >= 0.3 is 0 Å². The van der Waals surface area contributed by atoms with Gasteiger partial charge in [0.25, 0.3) is 0 Å². The SMILES string of the molecule is CCCNCc1cccc(CN2CCN(C(C)C)CC2)c1. The molecule has 0 bridgehead atoms. The second kappa shape index (κ2) is 8.52. The number of nitrogens with one attached hydrogen (secondary N) is 1. The largest absolute Gasteiger partial charge is 0.313 e. The lowest BCUT2D eigenvalue weighted by molar-refractivity contribution is 0.104. The molecule has 0 atom stereocenters. The first-order chi connectivity index (χ1) is 10.2. The number of hydrogen-bond acceptors (Lipinski definition) is 3. The van der Waals surface area contributed by atoms with Crippen LogP contribution in [0.1, 0.15) is 38.3 Å². The molecule has 1 aromatic rings. The van der Waals surface area contributed by atoms with Crippen LogP contribution in [0.15, 0.2) is 24.3 Å². The van der Waals surface area contributed by atoms with E-state index in [1.807, 2.05) is 0 Å². The lowest BCUT2D eigenvalue weighted by atomic mass is 10.1. The van der Waals surface area contributed by atoms with Crippen LogP contribution in [0.25, 0.3) is 0 Å². The molecule has 0 unspecified atom stereocenters. The van der Waals surface area contributed by atoms with Gasteiger partial charge in [0.05, 0.1) is 0 Å². The van der Waals surface area contributed by atoms with Crippen LogP contribution in [-0.2, 0) is 13.1 Å². The summed E-state index contributed by atoms with van der Waals surface area (Å²) in [5, 5.41) is 3.48. The van der Waals surface area contributed by atoms with Gasteiger partial charge in [-0.2, -0.15) is 0 Å². The van der Waals surface area contributed by atoms with E-state index in [9.17, 15) is 0 Å². The molecular weight excluding hydrogens is 258 g/mol. The van der Waals surface area contributed by atoms with Crippen LogP contribution in [0.4, 0.5) is 0 Å². The zero-order valence-electron chi connectivity index (χ0n) is 13.9. The van der Waals surface area contributed by atoms with Gasteiger partial charge in [-0.3, -0.25) is 9.80 Å². The molecule has 1 saturated heterocycles. The van der Waals surface area contributed by atoms with Crippen LogP contribution < -0.4 is 5.32 Å². The van der Waals surface area contributed by atoms with Gasteiger partial charge in [-0.05, 0) is 37.9 Å². The Kier molecular flexibility index (Phi) is 6.68. The summed E-state index contributed by atoms with van der Waals surface area (Å²) in [6, 6.07) is 9.72. The van der Waals surface area contributed by atoms with Gasteiger partial charge in [-0.25, -0.2) is 0 Å². The van der Waals surface area contributed by atoms with Gasteiger partial charge in [0.2, 0.25) is 0 Å². The topological polar surface area (TPSA) is 18.5 Å². The second-order valence-electron chi connectivity index (χ2n) is 6.40. The number of benzene rings is 1. The monoisotopic (exact) mass is 289 g/mol. The fraction of sp³-hybridized carbons (Fsp3) is 0.667. The maximum atomic E-state index is 3.48. The predicted molar refractivity (Wildman–Crippen MR) is 90.4 cm³/mol. The molecule has 118 valence electrons. The Morgan fingerprint density at radius 1 is 1.10 bits per heavy atom. The van der Waals surface area contributed by atoms with E-state index in [0.717, 1.165) is 19.6 Å². The molecule has 1 aliphatic heterocycles. The van der Waals surface area contributed by atoms with Gasteiger partial charge in [-0.15, -0.1) is 0 Å². The molecule has 1 N–H and O–H groups in total. The van der Waals surface area contributed by atoms with Gasteiger partial charge in [0, 0.05) is 45.3 Å². The first-order valence-electron chi connectivity index (χ1n) is 8.44. The Labute approximate surface area is 130 Å². The zero-order valence-corrected chi connectivity index (χ0v) is 13.9. The van der Waals surface area contributed by atoms with Crippen molar-refractivity contribution in [2.75, 3.05) is 32.7 Å². The van der Waals surface area contributed by atoms with E-state index in [-0.39, 0.29) is 0 Å². The molecule has 3 nitrogen and oxygen atoms in total. The molecule has 1 heterocycles. The van der Waals surface area contributed by atoms with E-state index in [1.165, 1.54) is 43.7 Å². The van der Waals surface area contributed by atoms with Crippen LogP contribution in [0.5, 0.6) is 0 Å². The van der Waals surface area contributed by atoms with E-state index < -0.39 is 0 Å². The van der Waals surface area contributed by atoms with Crippen LogP contribution in [0.3, 0.4) is 0 Å². The van der Waals surface area contributed by atoms with E-state index in [1.54, 1.807) is 0 Å². The standard InChI is InChI=1S/C18H31N3/c1-4-8-19-14-17-6-5-7-18(13-17)15-20-9-11-21(12-10-20)16(2)3/h5-7,13,16,19H,4,8-12,14-15H2,1-3H3. The third-order valence-corrected chi connectivity index (χ3v) is 4.29. The number of hydrogen-bond donors (Lipinski definition) is 1. The highest BCUT2D eigenvalue weighted by atomic mass is 15.3. The van der Waals surface area contributed by atoms with Crippen molar-refractivity contribution in [2.24, 2.45) is 0 Å². The lowest BCUT2D eigenvalue weighted by Gasteiger charge is -2.37. The fourth-order valence-electron chi connectivity index (χ4n) is 2.94. The van der Waals surface area contributed by atoms with Crippen molar-refractivity contribution in [2.45, 2.75) is 46.3 Å². The predicted octanol–water partition coefficient (Wildman–Crippen LogP) is 2.71. The maximum Gasteiger partial charge on any atom is 0.0234 e. The summed E-state index contributed by atoms with van der Waals surface area (Å²) >= 11 is 0. The summed E-state index contributed by atoms with van der Waals surface area (Å²) in [5.74, 6) is 0. The zero-order chi connectivity index (χ0) is 15.1. The normalized spacial score (nSPS) is 17.5. The smallest absolute Gasteiger partial charge is 0.0234 e. The number of rotatable bonds is 7. The van der Waals surface area contributed by atoms with E-state index in [0.29, 0.717) is 6.04 Å². The van der Waals surface area contributed by atoms with E-state index >= 15 is 0 Å². The Balaban J connectivity index is 1.81. The van der Waals surface area contributed by atoms with Gasteiger partial charge in [0.15, 0.2) is 0 Å². The third-order valence-electron chi connectivity index (χ3n) is 4.29. The van der Waals surface area contributed by atoms with Crippen molar-refractivity contribution in [3.05, 3.63) is 35.4 Å². The van der Waals surface area contributed by atoms with Crippen LogP contribution in [-0.4, -0.2) is 48.6 Å². The molecule has 0 aliphatic carbocycles. The minimum Gasteiger partial charge on any atom is -0.313 e. The summed E-state index contributed by atoms with van der Waals surface area (Å²) in [6.07, 6.45) is 1.19. The third kappa shape index (κ3) is 5.42. The van der Waals surface area contributed by atoms with E-state index in [2.05, 4.69) is 60.2 Å². The van der Waals surface area contributed by atoms with Crippen molar-refractivity contribution < 1.29 is 0 Å². The Morgan fingerprint density at radius 3 is 2.48 bits per heavy atom. The van der Waals surface area contributed by atoms with Crippen LogP contribution >= 0.6 is 0 Å². The molecule has 1 aliphatic rings. The molecule has 0 radical (unpaired) electrons. The fourth-order valence-corrected chi connectivity index (χ4v) is 2.94. The van der Waals surface area contributed by atoms with Crippen molar-refractivity contribution in [3.8, 4) is 0 Å². The Bertz CT molecular complexity index is 409. The molecule has 3 heteroatoms. The van der Waals surface area contributed by atoms with Crippen LogP contribution in [0.2, 0.25) is 0 Å². The molecule has 0 saturated carbocycles. The van der Waals surface area contributed by atoms with Gasteiger partial charge in [0.1, 0.15) is 0 Å². The number of piperazine rings is 1. The summed E-state index contributed by atoms with van der Waals surface area (Å²) in [7, 11) is 0. The van der Waals surface area contributed by atoms with Crippen molar-refractivity contribution >= 4 is 0 Å². The molecule has 0 spiro atoms. The van der Waals surface area contributed by atoms with Crippen LogP contribution in [0, 0.1) is 0 Å². The summed E-state index contributed by atoms with van der Waals surface area (Å²) in [4.78, 5) is 5.15. The molecule has 1 aromatic carbocycles. The second-order valence-corrected chi connectivity index (χ2v) is 6.40. The van der Waals surface area contributed by atoms with Crippen molar-refractivity contribution in [1.82, 2.24) is 15.1 Å². The van der Waals surface area contributed by atoms with Gasteiger partial charge in [-0.1, -0.05) is 31.2 Å². The first-order valence-corrected chi connectivity index (χ1v) is 8.44. The molecule has 21 heavy (non-hydrogen) atoms. The average molecular weight is 289 g/mol. The molecule has 0 aromatic heterocycles. The summed E-state index contributed by atoms with van der Waals surface area (Å²) in [6.45, 7) is 14.8. The maximum absolute atomic E-state index is 3.48. The highest BCUT2D eigenvalue weighted by Crippen LogP contribution is 2.12. The number of nitrogens with zero attached hydrogens (tertiary/aromatic N) is 2.